The molecule has 0 saturated carbocycles. The summed E-state index contributed by atoms with van der Waals surface area (Å²) in [5, 5.41) is 0. The third kappa shape index (κ3) is 3.49. The summed E-state index contributed by atoms with van der Waals surface area (Å²) < 4.78 is 5.82. The van der Waals surface area contributed by atoms with Gasteiger partial charge in [0, 0.05) is 19.6 Å². The molecule has 0 radical (unpaired) electrons. The molecule has 0 aromatic carbocycles. The van der Waals surface area contributed by atoms with Crippen LogP contribution in [-0.4, -0.2) is 36.2 Å². The molecular formula is C11H21NO. The van der Waals surface area contributed by atoms with Crippen molar-refractivity contribution in [1.82, 2.24) is 4.90 Å². The SMILES string of the molecule is C/C=C/CN1CC(C)OC(C)(C)C1. The van der Waals surface area contributed by atoms with Crippen molar-refractivity contribution in [3.63, 3.8) is 0 Å². The second kappa shape index (κ2) is 4.25. The monoisotopic (exact) mass is 183 g/mol. The van der Waals surface area contributed by atoms with Crippen LogP contribution in [0.25, 0.3) is 0 Å². The molecule has 2 nitrogen and oxygen atoms in total. The number of ether oxygens (including phenoxy) is 1. The average molecular weight is 183 g/mol. The lowest BCUT2D eigenvalue weighted by Gasteiger charge is -2.41. The van der Waals surface area contributed by atoms with Crippen LogP contribution in [0.1, 0.15) is 27.7 Å². The van der Waals surface area contributed by atoms with E-state index in [0.29, 0.717) is 6.10 Å². The minimum atomic E-state index is 0.0131. The van der Waals surface area contributed by atoms with Gasteiger partial charge in [0.15, 0.2) is 0 Å². The summed E-state index contributed by atoms with van der Waals surface area (Å²) in [6.07, 6.45) is 4.66. The first-order valence-electron chi connectivity index (χ1n) is 5.05. The Labute approximate surface area is 81.6 Å². The standard InChI is InChI=1S/C11H21NO/c1-5-6-7-12-8-10(2)13-11(3,4)9-12/h5-6,10H,7-9H2,1-4H3/b6-5+. The van der Waals surface area contributed by atoms with Crippen molar-refractivity contribution in [3.8, 4) is 0 Å². The highest BCUT2D eigenvalue weighted by molar-refractivity contribution is 4.88. The van der Waals surface area contributed by atoms with Crippen LogP contribution in [0.2, 0.25) is 0 Å². The van der Waals surface area contributed by atoms with Crippen molar-refractivity contribution in [1.29, 1.82) is 0 Å². The fraction of sp³-hybridized carbons (Fsp3) is 0.818. The molecule has 1 aliphatic heterocycles. The third-order valence-corrected chi connectivity index (χ3v) is 2.24. The number of nitrogens with zero attached hydrogens (tertiary/aromatic N) is 1. The number of morpholine rings is 1. The Bertz CT molecular complexity index is 187. The van der Waals surface area contributed by atoms with Crippen LogP contribution in [0.5, 0.6) is 0 Å². The van der Waals surface area contributed by atoms with Crippen molar-refractivity contribution in [3.05, 3.63) is 12.2 Å². The lowest BCUT2D eigenvalue weighted by Crippen LogP contribution is -2.51. The highest BCUT2D eigenvalue weighted by atomic mass is 16.5. The Morgan fingerprint density at radius 3 is 2.77 bits per heavy atom. The Kier molecular flexibility index (Phi) is 3.51. The van der Waals surface area contributed by atoms with E-state index in [1.165, 1.54) is 0 Å². The van der Waals surface area contributed by atoms with Gasteiger partial charge < -0.3 is 4.74 Å². The Balaban J connectivity index is 2.47. The minimum Gasteiger partial charge on any atom is -0.370 e. The molecule has 1 saturated heterocycles. The third-order valence-electron chi connectivity index (χ3n) is 2.24. The smallest absolute Gasteiger partial charge is 0.0757 e. The van der Waals surface area contributed by atoms with E-state index < -0.39 is 0 Å². The summed E-state index contributed by atoms with van der Waals surface area (Å²) in [7, 11) is 0. The predicted octanol–water partition coefficient (Wildman–Crippen LogP) is 2.06. The summed E-state index contributed by atoms with van der Waals surface area (Å²) in [5.74, 6) is 0. The molecule has 2 heteroatoms. The molecule has 13 heavy (non-hydrogen) atoms. The van der Waals surface area contributed by atoms with Crippen LogP contribution in [0.3, 0.4) is 0 Å². The van der Waals surface area contributed by atoms with Crippen LogP contribution < -0.4 is 0 Å². The number of hydrogen-bond donors (Lipinski definition) is 0. The number of hydrogen-bond acceptors (Lipinski definition) is 2. The van der Waals surface area contributed by atoms with Gasteiger partial charge in [-0.25, -0.2) is 0 Å². The summed E-state index contributed by atoms with van der Waals surface area (Å²) in [5.41, 5.74) is 0.0131. The minimum absolute atomic E-state index is 0.0131. The van der Waals surface area contributed by atoms with E-state index in [1.54, 1.807) is 0 Å². The van der Waals surface area contributed by atoms with E-state index in [4.69, 9.17) is 4.74 Å². The van der Waals surface area contributed by atoms with Crippen molar-refractivity contribution >= 4 is 0 Å². The molecule has 0 N–H and O–H groups in total. The molecule has 0 spiro atoms. The lowest BCUT2D eigenvalue weighted by atomic mass is 10.1. The van der Waals surface area contributed by atoms with E-state index in [-0.39, 0.29) is 5.60 Å². The van der Waals surface area contributed by atoms with E-state index in [2.05, 4.69) is 44.7 Å². The van der Waals surface area contributed by atoms with Gasteiger partial charge in [0.1, 0.15) is 0 Å². The van der Waals surface area contributed by atoms with Crippen LogP contribution >= 0.6 is 0 Å². The maximum absolute atomic E-state index is 5.82. The molecule has 1 aliphatic rings. The summed E-state index contributed by atoms with van der Waals surface area (Å²) in [4.78, 5) is 2.44. The Morgan fingerprint density at radius 1 is 1.54 bits per heavy atom. The van der Waals surface area contributed by atoms with Gasteiger partial charge in [0.2, 0.25) is 0 Å². The molecule has 0 bridgehead atoms. The van der Waals surface area contributed by atoms with E-state index in [9.17, 15) is 0 Å². The summed E-state index contributed by atoms with van der Waals surface area (Å²) >= 11 is 0. The van der Waals surface area contributed by atoms with Crippen LogP contribution in [0.15, 0.2) is 12.2 Å². The van der Waals surface area contributed by atoms with Gasteiger partial charge >= 0.3 is 0 Å². The first kappa shape index (κ1) is 10.7. The van der Waals surface area contributed by atoms with Gasteiger partial charge in [-0.15, -0.1) is 0 Å². The lowest BCUT2D eigenvalue weighted by molar-refractivity contribution is -0.126. The van der Waals surface area contributed by atoms with Gasteiger partial charge in [-0.2, -0.15) is 0 Å². The van der Waals surface area contributed by atoms with Crippen LogP contribution in [-0.2, 0) is 4.74 Å². The van der Waals surface area contributed by atoms with Gasteiger partial charge in [-0.3, -0.25) is 4.90 Å². The molecule has 0 aliphatic carbocycles. The fourth-order valence-electron chi connectivity index (χ4n) is 1.98. The molecule has 1 unspecified atom stereocenters. The molecule has 0 amide bonds. The zero-order valence-corrected chi connectivity index (χ0v) is 9.21. The molecular weight excluding hydrogens is 162 g/mol. The normalized spacial score (nSPS) is 29.7. The summed E-state index contributed by atoms with van der Waals surface area (Å²) in [6, 6.07) is 0. The van der Waals surface area contributed by atoms with Crippen LogP contribution in [0, 0.1) is 0 Å². The predicted molar refractivity (Wildman–Crippen MR) is 55.9 cm³/mol. The highest BCUT2D eigenvalue weighted by Gasteiger charge is 2.30. The number of rotatable bonds is 2. The van der Waals surface area contributed by atoms with Crippen LogP contribution in [0.4, 0.5) is 0 Å². The van der Waals surface area contributed by atoms with E-state index in [1.807, 2.05) is 0 Å². The van der Waals surface area contributed by atoms with Crippen molar-refractivity contribution in [2.24, 2.45) is 0 Å². The maximum atomic E-state index is 5.82. The molecule has 76 valence electrons. The second-order valence-corrected chi connectivity index (χ2v) is 4.45. The van der Waals surface area contributed by atoms with E-state index >= 15 is 0 Å². The number of allylic oxidation sites excluding steroid dienone is 1. The molecule has 0 aromatic rings. The van der Waals surface area contributed by atoms with E-state index in [0.717, 1.165) is 19.6 Å². The zero-order chi connectivity index (χ0) is 9.90. The largest absolute Gasteiger partial charge is 0.370 e. The second-order valence-electron chi connectivity index (χ2n) is 4.45. The fourth-order valence-corrected chi connectivity index (χ4v) is 1.98. The zero-order valence-electron chi connectivity index (χ0n) is 9.21. The van der Waals surface area contributed by atoms with Gasteiger partial charge in [0.05, 0.1) is 11.7 Å². The van der Waals surface area contributed by atoms with Gasteiger partial charge in [0.25, 0.3) is 0 Å². The first-order chi connectivity index (χ1) is 6.03. The average Bonchev–Trinajstić information content (AvgIpc) is 1.97. The van der Waals surface area contributed by atoms with Crippen molar-refractivity contribution < 1.29 is 4.74 Å². The molecule has 1 fully saturated rings. The quantitative estimate of drug-likeness (QED) is 0.608. The van der Waals surface area contributed by atoms with Gasteiger partial charge in [-0.05, 0) is 27.7 Å². The maximum Gasteiger partial charge on any atom is 0.0757 e. The molecule has 1 atom stereocenters. The van der Waals surface area contributed by atoms with Crippen molar-refractivity contribution in [2.75, 3.05) is 19.6 Å². The van der Waals surface area contributed by atoms with Gasteiger partial charge in [-0.1, -0.05) is 12.2 Å². The summed E-state index contributed by atoms with van der Waals surface area (Å²) in [6.45, 7) is 11.7. The topological polar surface area (TPSA) is 12.5 Å². The first-order valence-corrected chi connectivity index (χ1v) is 5.05. The molecule has 1 heterocycles. The highest BCUT2D eigenvalue weighted by Crippen LogP contribution is 2.20. The molecule has 1 rings (SSSR count). The Hall–Kier alpha value is -0.340. The Morgan fingerprint density at radius 2 is 2.23 bits per heavy atom. The van der Waals surface area contributed by atoms with Crippen molar-refractivity contribution in [2.45, 2.75) is 39.4 Å². The molecule has 0 aromatic heterocycles.